The van der Waals surface area contributed by atoms with E-state index in [-0.39, 0.29) is 11.8 Å². The van der Waals surface area contributed by atoms with Crippen LogP contribution in [0, 0.1) is 5.92 Å². The van der Waals surface area contributed by atoms with Crippen LogP contribution in [0.5, 0.6) is 5.75 Å². The standard InChI is InChI=1S/C17H24N2O3/c1-22-14-9-5-6-12(10-14)11-15(16(18)20)19-17(21)13-7-3-2-4-8-13/h5-6,9-10,13,15H,2-4,7-8,11H2,1H3,(H2,18,20)(H,19,21)/t15-/m0/s1. The number of ether oxygens (including phenoxy) is 1. The Kier molecular flexibility index (Phi) is 5.81. The van der Waals surface area contributed by atoms with Crippen molar-refractivity contribution in [3.63, 3.8) is 0 Å². The third-order valence-electron chi connectivity index (χ3n) is 4.21. The fraction of sp³-hybridized carbons (Fsp3) is 0.529. The number of benzene rings is 1. The number of carbonyl (C=O) groups excluding carboxylic acids is 2. The Balaban J connectivity index is 1.99. The number of hydrogen-bond acceptors (Lipinski definition) is 3. The molecule has 0 spiro atoms. The average Bonchev–Trinajstić information content (AvgIpc) is 2.55. The van der Waals surface area contributed by atoms with Gasteiger partial charge in [0, 0.05) is 12.3 Å². The number of primary amides is 1. The molecule has 1 aromatic rings. The molecule has 0 heterocycles. The lowest BCUT2D eigenvalue weighted by Gasteiger charge is -2.23. The number of hydrogen-bond donors (Lipinski definition) is 2. The van der Waals surface area contributed by atoms with Gasteiger partial charge in [-0.05, 0) is 30.5 Å². The highest BCUT2D eigenvalue weighted by atomic mass is 16.5. The summed E-state index contributed by atoms with van der Waals surface area (Å²) in [5.41, 5.74) is 6.36. The summed E-state index contributed by atoms with van der Waals surface area (Å²) >= 11 is 0. The van der Waals surface area contributed by atoms with E-state index in [1.807, 2.05) is 24.3 Å². The van der Waals surface area contributed by atoms with Gasteiger partial charge in [0.2, 0.25) is 11.8 Å². The van der Waals surface area contributed by atoms with Crippen molar-refractivity contribution < 1.29 is 14.3 Å². The lowest BCUT2D eigenvalue weighted by molar-refractivity contribution is -0.130. The fourth-order valence-electron chi connectivity index (χ4n) is 2.91. The van der Waals surface area contributed by atoms with Gasteiger partial charge in [-0.3, -0.25) is 9.59 Å². The first kappa shape index (κ1) is 16.3. The summed E-state index contributed by atoms with van der Waals surface area (Å²) in [4.78, 5) is 23.9. The lowest BCUT2D eigenvalue weighted by Crippen LogP contribution is -2.48. The van der Waals surface area contributed by atoms with Gasteiger partial charge in [0.1, 0.15) is 11.8 Å². The van der Waals surface area contributed by atoms with Crippen LogP contribution in [-0.2, 0) is 16.0 Å². The zero-order valence-electron chi connectivity index (χ0n) is 13.0. The summed E-state index contributed by atoms with van der Waals surface area (Å²) in [5.74, 6) is 0.179. The van der Waals surface area contributed by atoms with E-state index < -0.39 is 11.9 Å². The van der Waals surface area contributed by atoms with Crippen LogP contribution in [0.25, 0.3) is 0 Å². The first-order valence-electron chi connectivity index (χ1n) is 7.82. The van der Waals surface area contributed by atoms with Crippen LogP contribution in [0.4, 0.5) is 0 Å². The van der Waals surface area contributed by atoms with Gasteiger partial charge >= 0.3 is 0 Å². The summed E-state index contributed by atoms with van der Waals surface area (Å²) in [6, 6.07) is 6.76. The van der Waals surface area contributed by atoms with Crippen LogP contribution in [0.15, 0.2) is 24.3 Å². The maximum Gasteiger partial charge on any atom is 0.240 e. The second-order valence-electron chi connectivity index (χ2n) is 5.85. The Morgan fingerprint density at radius 1 is 1.32 bits per heavy atom. The highest BCUT2D eigenvalue weighted by Crippen LogP contribution is 2.24. The third kappa shape index (κ3) is 4.48. The Hall–Kier alpha value is -2.04. The fourth-order valence-corrected chi connectivity index (χ4v) is 2.91. The maximum absolute atomic E-state index is 12.3. The van der Waals surface area contributed by atoms with Gasteiger partial charge in [-0.1, -0.05) is 31.4 Å². The van der Waals surface area contributed by atoms with Gasteiger partial charge in [-0.15, -0.1) is 0 Å². The van der Waals surface area contributed by atoms with Crippen LogP contribution in [0.3, 0.4) is 0 Å². The van der Waals surface area contributed by atoms with Gasteiger partial charge in [0.15, 0.2) is 0 Å². The van der Waals surface area contributed by atoms with Crippen LogP contribution in [-0.4, -0.2) is 25.0 Å². The molecular formula is C17H24N2O3. The van der Waals surface area contributed by atoms with E-state index in [0.29, 0.717) is 6.42 Å². The minimum Gasteiger partial charge on any atom is -0.497 e. The molecular weight excluding hydrogens is 280 g/mol. The maximum atomic E-state index is 12.3. The summed E-state index contributed by atoms with van der Waals surface area (Å²) in [6.07, 6.45) is 5.52. The minimum atomic E-state index is -0.679. The summed E-state index contributed by atoms with van der Waals surface area (Å²) < 4.78 is 5.17. The predicted molar refractivity (Wildman–Crippen MR) is 84.4 cm³/mol. The van der Waals surface area contributed by atoms with Crippen molar-refractivity contribution in [2.45, 2.75) is 44.6 Å². The van der Waals surface area contributed by atoms with Gasteiger partial charge in [0.05, 0.1) is 7.11 Å². The first-order valence-corrected chi connectivity index (χ1v) is 7.82. The topological polar surface area (TPSA) is 81.4 Å². The first-order chi connectivity index (χ1) is 10.6. The van der Waals surface area contributed by atoms with Gasteiger partial charge in [0.25, 0.3) is 0 Å². The van der Waals surface area contributed by atoms with Gasteiger partial charge in [-0.25, -0.2) is 0 Å². The lowest BCUT2D eigenvalue weighted by atomic mass is 9.88. The number of methoxy groups -OCH3 is 1. The molecule has 0 bridgehead atoms. The van der Waals surface area contributed by atoms with Crippen molar-refractivity contribution in [3.8, 4) is 5.75 Å². The molecule has 0 aliphatic heterocycles. The molecule has 22 heavy (non-hydrogen) atoms. The zero-order valence-corrected chi connectivity index (χ0v) is 13.0. The van der Waals surface area contributed by atoms with Crippen molar-refractivity contribution in [2.75, 3.05) is 7.11 Å². The van der Waals surface area contributed by atoms with Gasteiger partial charge < -0.3 is 15.8 Å². The number of carbonyl (C=O) groups is 2. The molecule has 5 nitrogen and oxygen atoms in total. The summed E-state index contributed by atoms with van der Waals surface area (Å²) in [7, 11) is 1.59. The van der Waals surface area contributed by atoms with E-state index in [2.05, 4.69) is 5.32 Å². The molecule has 120 valence electrons. The van der Waals surface area contributed by atoms with E-state index in [9.17, 15) is 9.59 Å². The normalized spacial score (nSPS) is 16.8. The zero-order chi connectivity index (χ0) is 15.9. The summed E-state index contributed by atoms with van der Waals surface area (Å²) in [5, 5.41) is 2.82. The van der Waals surface area contributed by atoms with Crippen LogP contribution in [0.1, 0.15) is 37.7 Å². The number of amides is 2. The van der Waals surface area contributed by atoms with E-state index in [0.717, 1.165) is 37.0 Å². The molecule has 0 radical (unpaired) electrons. The molecule has 5 heteroatoms. The van der Waals surface area contributed by atoms with Crippen molar-refractivity contribution in [2.24, 2.45) is 11.7 Å². The second kappa shape index (κ2) is 7.82. The molecule has 0 unspecified atom stereocenters. The molecule has 2 rings (SSSR count). The molecule has 1 fully saturated rings. The molecule has 1 aromatic carbocycles. The second-order valence-corrected chi connectivity index (χ2v) is 5.85. The van der Waals surface area contributed by atoms with E-state index in [1.165, 1.54) is 6.42 Å². The predicted octanol–water partition coefficient (Wildman–Crippen LogP) is 1.79. The molecule has 1 atom stereocenters. The van der Waals surface area contributed by atoms with Gasteiger partial charge in [-0.2, -0.15) is 0 Å². The molecule has 3 N–H and O–H groups in total. The molecule has 1 aliphatic carbocycles. The van der Waals surface area contributed by atoms with Crippen LogP contribution < -0.4 is 15.8 Å². The molecule has 0 aromatic heterocycles. The van der Waals surface area contributed by atoms with E-state index in [4.69, 9.17) is 10.5 Å². The quantitative estimate of drug-likeness (QED) is 0.840. The third-order valence-corrected chi connectivity index (χ3v) is 4.21. The monoisotopic (exact) mass is 304 g/mol. The van der Waals surface area contributed by atoms with Crippen LogP contribution >= 0.6 is 0 Å². The van der Waals surface area contributed by atoms with Crippen LogP contribution in [0.2, 0.25) is 0 Å². The Morgan fingerprint density at radius 3 is 2.68 bits per heavy atom. The van der Waals surface area contributed by atoms with Crippen molar-refractivity contribution >= 4 is 11.8 Å². The highest BCUT2D eigenvalue weighted by Gasteiger charge is 2.25. The van der Waals surface area contributed by atoms with Crippen molar-refractivity contribution in [1.82, 2.24) is 5.32 Å². The minimum absolute atomic E-state index is 0.0147. The summed E-state index contributed by atoms with van der Waals surface area (Å²) in [6.45, 7) is 0. The largest absolute Gasteiger partial charge is 0.497 e. The molecule has 2 amide bonds. The number of rotatable bonds is 6. The Bertz CT molecular complexity index is 524. The van der Waals surface area contributed by atoms with Crippen molar-refractivity contribution in [3.05, 3.63) is 29.8 Å². The average molecular weight is 304 g/mol. The smallest absolute Gasteiger partial charge is 0.240 e. The molecule has 1 saturated carbocycles. The molecule has 1 aliphatic rings. The van der Waals surface area contributed by atoms with Crippen molar-refractivity contribution in [1.29, 1.82) is 0 Å². The SMILES string of the molecule is COc1cccc(C[C@H](NC(=O)C2CCCCC2)C(N)=O)c1. The van der Waals surface area contributed by atoms with E-state index >= 15 is 0 Å². The number of nitrogens with one attached hydrogen (secondary N) is 1. The molecule has 0 saturated heterocycles. The number of nitrogens with two attached hydrogens (primary N) is 1. The Morgan fingerprint density at radius 2 is 2.05 bits per heavy atom. The highest BCUT2D eigenvalue weighted by molar-refractivity contribution is 5.87. The Labute approximate surface area is 131 Å². The van der Waals surface area contributed by atoms with E-state index in [1.54, 1.807) is 7.11 Å².